The fourth-order valence-corrected chi connectivity index (χ4v) is 2.86. The number of phenols is 1. The van der Waals surface area contributed by atoms with Crippen molar-refractivity contribution in [3.63, 3.8) is 0 Å². The van der Waals surface area contributed by atoms with Gasteiger partial charge < -0.3 is 10.4 Å². The monoisotopic (exact) mass is 329 g/mol. The first kappa shape index (κ1) is 16.4. The summed E-state index contributed by atoms with van der Waals surface area (Å²) in [6, 6.07) is 13.1. The third-order valence-electron chi connectivity index (χ3n) is 4.18. The summed E-state index contributed by atoms with van der Waals surface area (Å²) in [5.41, 5.74) is 7.32. The maximum atomic E-state index is 13.5. The van der Waals surface area contributed by atoms with E-state index < -0.39 is 6.04 Å². The van der Waals surface area contributed by atoms with Gasteiger partial charge in [-0.3, -0.25) is 4.79 Å². The highest BCUT2D eigenvalue weighted by atomic mass is 19.1. The van der Waals surface area contributed by atoms with E-state index in [1.165, 1.54) is 6.07 Å². The minimum atomic E-state index is -0.393. The largest absolute Gasteiger partial charge is 0.508 e. The van der Waals surface area contributed by atoms with Gasteiger partial charge in [0, 0.05) is 12.1 Å². The lowest BCUT2D eigenvalue weighted by Gasteiger charge is -2.12. The lowest BCUT2D eigenvalue weighted by Crippen LogP contribution is -2.43. The van der Waals surface area contributed by atoms with Crippen LogP contribution in [-0.2, 0) is 11.2 Å². The topological polar surface area (TPSA) is 73.4 Å². The van der Waals surface area contributed by atoms with E-state index in [4.69, 9.17) is 0 Å². The highest BCUT2D eigenvalue weighted by Gasteiger charge is 2.31. The first-order valence-electron chi connectivity index (χ1n) is 7.95. The van der Waals surface area contributed by atoms with E-state index in [1.54, 1.807) is 30.3 Å². The van der Waals surface area contributed by atoms with Gasteiger partial charge in [-0.05, 0) is 30.5 Å². The molecule has 1 heterocycles. The quantitative estimate of drug-likeness (QED) is 0.675. The van der Waals surface area contributed by atoms with Crippen molar-refractivity contribution in [3.05, 3.63) is 65.5 Å². The molecule has 0 bridgehead atoms. The van der Waals surface area contributed by atoms with E-state index >= 15 is 0 Å². The number of para-hydroxylation sites is 1. The SMILES string of the molecule is O=C(NCCc1ccccc1F)C1CC(c2ccccc2O)NN1. The Labute approximate surface area is 139 Å². The van der Waals surface area contributed by atoms with Crippen LogP contribution in [0.5, 0.6) is 5.75 Å². The molecule has 4 N–H and O–H groups in total. The number of nitrogens with one attached hydrogen (secondary N) is 3. The second-order valence-electron chi connectivity index (χ2n) is 5.82. The number of amides is 1. The van der Waals surface area contributed by atoms with Crippen LogP contribution in [-0.4, -0.2) is 23.6 Å². The predicted molar refractivity (Wildman–Crippen MR) is 88.6 cm³/mol. The van der Waals surface area contributed by atoms with E-state index in [1.807, 2.05) is 12.1 Å². The molecule has 1 amide bonds. The zero-order valence-electron chi connectivity index (χ0n) is 13.1. The first-order chi connectivity index (χ1) is 11.6. The molecule has 24 heavy (non-hydrogen) atoms. The Bertz CT molecular complexity index is 723. The summed E-state index contributed by atoms with van der Waals surface area (Å²) < 4.78 is 13.5. The van der Waals surface area contributed by atoms with Gasteiger partial charge in [0.15, 0.2) is 0 Å². The molecule has 2 aromatic rings. The number of halogens is 1. The Morgan fingerprint density at radius 2 is 1.92 bits per heavy atom. The number of hydrazine groups is 1. The first-order valence-corrected chi connectivity index (χ1v) is 7.95. The molecule has 1 aliphatic heterocycles. The van der Waals surface area contributed by atoms with E-state index in [2.05, 4.69) is 16.2 Å². The highest BCUT2D eigenvalue weighted by Crippen LogP contribution is 2.29. The van der Waals surface area contributed by atoms with Gasteiger partial charge in [-0.1, -0.05) is 36.4 Å². The van der Waals surface area contributed by atoms with Crippen molar-refractivity contribution >= 4 is 5.91 Å². The Morgan fingerprint density at radius 3 is 2.71 bits per heavy atom. The number of rotatable bonds is 5. The number of benzene rings is 2. The van der Waals surface area contributed by atoms with Crippen LogP contribution in [0, 0.1) is 5.82 Å². The molecule has 6 heteroatoms. The van der Waals surface area contributed by atoms with E-state index in [9.17, 15) is 14.3 Å². The summed E-state index contributed by atoms with van der Waals surface area (Å²) in [5, 5.41) is 12.7. The van der Waals surface area contributed by atoms with Gasteiger partial charge in [0.2, 0.25) is 5.91 Å². The Hall–Kier alpha value is -2.44. The minimum Gasteiger partial charge on any atom is -0.508 e. The highest BCUT2D eigenvalue weighted by molar-refractivity contribution is 5.82. The molecule has 0 aliphatic carbocycles. The van der Waals surface area contributed by atoms with Crippen molar-refractivity contribution in [2.75, 3.05) is 6.54 Å². The molecule has 1 fully saturated rings. The molecule has 0 saturated carbocycles. The molecule has 2 unspecified atom stereocenters. The van der Waals surface area contributed by atoms with Crippen LogP contribution in [0.25, 0.3) is 0 Å². The molecule has 5 nitrogen and oxygen atoms in total. The van der Waals surface area contributed by atoms with Crippen molar-refractivity contribution in [3.8, 4) is 5.75 Å². The fourth-order valence-electron chi connectivity index (χ4n) is 2.86. The van der Waals surface area contributed by atoms with Crippen molar-refractivity contribution in [1.82, 2.24) is 16.2 Å². The number of aromatic hydroxyl groups is 1. The molecule has 1 aliphatic rings. The van der Waals surface area contributed by atoms with Gasteiger partial charge in [0.1, 0.15) is 17.6 Å². The zero-order chi connectivity index (χ0) is 16.9. The summed E-state index contributed by atoms with van der Waals surface area (Å²) >= 11 is 0. The predicted octanol–water partition coefficient (Wildman–Crippen LogP) is 1.80. The zero-order valence-corrected chi connectivity index (χ0v) is 13.1. The number of carbonyl (C=O) groups is 1. The van der Waals surface area contributed by atoms with Crippen LogP contribution < -0.4 is 16.2 Å². The summed E-state index contributed by atoms with van der Waals surface area (Å²) in [4.78, 5) is 12.2. The van der Waals surface area contributed by atoms with Crippen LogP contribution in [0.15, 0.2) is 48.5 Å². The van der Waals surface area contributed by atoms with Crippen LogP contribution in [0.1, 0.15) is 23.6 Å². The summed E-state index contributed by atoms with van der Waals surface area (Å²) in [5.74, 6) is -0.193. The van der Waals surface area contributed by atoms with E-state index in [0.717, 1.165) is 5.56 Å². The van der Waals surface area contributed by atoms with Crippen molar-refractivity contribution in [1.29, 1.82) is 0 Å². The maximum Gasteiger partial charge on any atom is 0.238 e. The molecular formula is C18H20FN3O2. The lowest BCUT2D eigenvalue weighted by atomic mass is 10.0. The van der Waals surface area contributed by atoms with Crippen LogP contribution >= 0.6 is 0 Å². The van der Waals surface area contributed by atoms with Crippen LogP contribution in [0.4, 0.5) is 4.39 Å². The van der Waals surface area contributed by atoms with E-state index in [0.29, 0.717) is 24.9 Å². The molecule has 0 aromatic heterocycles. The minimum absolute atomic E-state index is 0.131. The third-order valence-corrected chi connectivity index (χ3v) is 4.18. The van der Waals surface area contributed by atoms with Crippen molar-refractivity contribution < 1.29 is 14.3 Å². The number of hydrogen-bond acceptors (Lipinski definition) is 4. The Balaban J connectivity index is 1.50. The van der Waals surface area contributed by atoms with Gasteiger partial charge in [-0.2, -0.15) is 0 Å². The average Bonchev–Trinajstić information content (AvgIpc) is 3.07. The molecule has 1 saturated heterocycles. The molecule has 2 atom stereocenters. The summed E-state index contributed by atoms with van der Waals surface area (Å²) in [6.45, 7) is 0.374. The third kappa shape index (κ3) is 3.72. The molecule has 126 valence electrons. The smallest absolute Gasteiger partial charge is 0.238 e. The van der Waals surface area contributed by atoms with Gasteiger partial charge in [0.25, 0.3) is 0 Å². The van der Waals surface area contributed by atoms with E-state index in [-0.39, 0.29) is 23.5 Å². The lowest BCUT2D eigenvalue weighted by molar-refractivity contribution is -0.122. The van der Waals surface area contributed by atoms with Gasteiger partial charge in [-0.25, -0.2) is 15.2 Å². The van der Waals surface area contributed by atoms with Gasteiger partial charge in [0.05, 0.1) is 6.04 Å². The number of phenolic OH excluding ortho intramolecular Hbond substituents is 1. The number of hydrogen-bond donors (Lipinski definition) is 4. The van der Waals surface area contributed by atoms with Gasteiger partial charge >= 0.3 is 0 Å². The van der Waals surface area contributed by atoms with Crippen LogP contribution in [0.3, 0.4) is 0 Å². The number of carbonyl (C=O) groups excluding carboxylic acids is 1. The summed E-state index contributed by atoms with van der Waals surface area (Å²) in [6.07, 6.45) is 0.977. The molecule has 3 rings (SSSR count). The van der Waals surface area contributed by atoms with Crippen molar-refractivity contribution in [2.45, 2.75) is 24.9 Å². The van der Waals surface area contributed by atoms with Crippen LogP contribution in [0.2, 0.25) is 0 Å². The second kappa shape index (κ2) is 7.42. The summed E-state index contributed by atoms with van der Waals surface area (Å²) in [7, 11) is 0. The van der Waals surface area contributed by atoms with Gasteiger partial charge in [-0.15, -0.1) is 0 Å². The molecule has 2 aromatic carbocycles. The second-order valence-corrected chi connectivity index (χ2v) is 5.82. The average molecular weight is 329 g/mol. The molecule has 0 radical (unpaired) electrons. The molecular weight excluding hydrogens is 309 g/mol. The maximum absolute atomic E-state index is 13.5. The normalized spacial score (nSPS) is 20.0. The molecule has 0 spiro atoms. The Kier molecular flexibility index (Phi) is 5.08. The fraction of sp³-hybridized carbons (Fsp3) is 0.278. The Morgan fingerprint density at radius 1 is 1.17 bits per heavy atom. The van der Waals surface area contributed by atoms with Crippen molar-refractivity contribution in [2.24, 2.45) is 0 Å². The standard InChI is InChI=1S/C18H20FN3O2/c19-14-7-3-1-5-12(14)9-10-20-18(24)16-11-15(21-22-16)13-6-2-4-8-17(13)23/h1-8,15-16,21-23H,9-11H2,(H,20,24).